The normalized spacial score (nSPS) is 20.5. The van der Waals surface area contributed by atoms with Crippen LogP contribution in [-0.2, 0) is 16.6 Å². The second-order valence-electron chi connectivity index (χ2n) is 9.52. The number of amides is 2. The molecule has 1 saturated heterocycles. The van der Waals surface area contributed by atoms with Gasteiger partial charge >= 0.3 is 0 Å². The molecule has 1 fully saturated rings. The van der Waals surface area contributed by atoms with Crippen molar-refractivity contribution in [2.45, 2.75) is 58.3 Å². The largest absolute Gasteiger partial charge is 0.391 e. The molecule has 3 rings (SSSR count). The van der Waals surface area contributed by atoms with Crippen molar-refractivity contribution in [3.05, 3.63) is 30.0 Å². The molecule has 3 heterocycles. The van der Waals surface area contributed by atoms with Crippen LogP contribution >= 0.6 is 0 Å². The third-order valence-corrected chi connectivity index (χ3v) is 5.90. The smallest absolute Gasteiger partial charge is 0.243 e. The molecule has 1 aliphatic rings. The van der Waals surface area contributed by atoms with Crippen molar-refractivity contribution in [3.8, 4) is 11.5 Å². The van der Waals surface area contributed by atoms with E-state index >= 15 is 0 Å². The molecule has 2 aromatic rings. The first-order valence-corrected chi connectivity index (χ1v) is 10.9. The van der Waals surface area contributed by atoms with Gasteiger partial charge in [-0.2, -0.15) is 5.10 Å². The molecule has 33 heavy (non-hydrogen) atoms. The molecule has 2 aromatic heterocycles. The number of hydrogen-bond donors (Lipinski definition) is 3. The lowest BCUT2D eigenvalue weighted by Gasteiger charge is -2.34. The highest BCUT2D eigenvalue weighted by Gasteiger charge is 2.43. The summed E-state index contributed by atoms with van der Waals surface area (Å²) in [6.45, 7) is 7.70. The van der Waals surface area contributed by atoms with Crippen LogP contribution in [0, 0.1) is 11.2 Å². The van der Waals surface area contributed by atoms with Gasteiger partial charge in [0.1, 0.15) is 11.7 Å². The molecule has 2 amide bonds. The standard InChI is InChI=1S/C22H32FN7O3/c1-12(13-8-25-19(26-9-13)17-15(23)10-27-29(17)6)28-20(32)16-7-14(31)11-30(16)21(33)18(24-5)22(2,3)4/h8-10,12,14,16,18,24,31H,7,11H2,1-6H3,(H,28,32)/t12-,14+,16-,18?/m0/s1. The van der Waals surface area contributed by atoms with Crippen molar-refractivity contribution in [2.24, 2.45) is 12.5 Å². The SMILES string of the molecule is CNC(C(=O)N1C[C@H](O)C[C@H]1C(=O)N[C@@H](C)c1cnc(-c2c(F)cnn2C)nc1)C(C)(C)C. The average Bonchev–Trinajstić information content (AvgIpc) is 3.29. The number of hydrogen-bond acceptors (Lipinski definition) is 7. The third-order valence-electron chi connectivity index (χ3n) is 5.90. The Kier molecular flexibility index (Phi) is 7.13. The zero-order chi connectivity index (χ0) is 24.5. The molecule has 0 radical (unpaired) electrons. The summed E-state index contributed by atoms with van der Waals surface area (Å²) in [5.41, 5.74) is 0.430. The van der Waals surface area contributed by atoms with Gasteiger partial charge in [-0.3, -0.25) is 14.3 Å². The van der Waals surface area contributed by atoms with Crippen LogP contribution in [-0.4, -0.2) is 73.3 Å². The first kappa shape index (κ1) is 24.7. The maximum absolute atomic E-state index is 13.9. The number of halogens is 1. The van der Waals surface area contributed by atoms with E-state index < -0.39 is 30.0 Å². The van der Waals surface area contributed by atoms with Gasteiger partial charge in [0.15, 0.2) is 11.6 Å². The van der Waals surface area contributed by atoms with Crippen LogP contribution in [0.15, 0.2) is 18.6 Å². The molecule has 1 aliphatic heterocycles. The predicted octanol–water partition coefficient (Wildman–Crippen LogP) is 0.789. The number of aliphatic hydroxyl groups excluding tert-OH is 1. The molecule has 0 aromatic carbocycles. The summed E-state index contributed by atoms with van der Waals surface area (Å²) in [6.07, 6.45) is 3.52. The van der Waals surface area contributed by atoms with Crippen molar-refractivity contribution in [2.75, 3.05) is 13.6 Å². The Labute approximate surface area is 192 Å². The van der Waals surface area contributed by atoms with E-state index in [1.165, 1.54) is 22.0 Å². The van der Waals surface area contributed by atoms with Gasteiger partial charge in [-0.15, -0.1) is 0 Å². The summed E-state index contributed by atoms with van der Waals surface area (Å²) in [7, 11) is 3.30. The number of β-amino-alcohol motifs (C(OH)–C–C–N with tert-alkyl or cyclic N) is 1. The number of likely N-dealkylation sites (tertiary alicyclic amines) is 1. The maximum atomic E-state index is 13.9. The van der Waals surface area contributed by atoms with Gasteiger partial charge in [0.05, 0.1) is 24.4 Å². The number of rotatable bonds is 6. The number of carbonyl (C=O) groups excluding carboxylic acids is 2. The topological polar surface area (TPSA) is 125 Å². The first-order chi connectivity index (χ1) is 15.4. The molecule has 0 saturated carbocycles. The number of likely N-dealkylation sites (N-methyl/N-ethyl adjacent to an activating group) is 1. The third kappa shape index (κ3) is 5.19. The van der Waals surface area contributed by atoms with Crippen LogP contribution in [0.2, 0.25) is 0 Å². The predicted molar refractivity (Wildman–Crippen MR) is 119 cm³/mol. The highest BCUT2D eigenvalue weighted by molar-refractivity contribution is 5.91. The van der Waals surface area contributed by atoms with Gasteiger partial charge in [0.2, 0.25) is 11.8 Å². The number of aliphatic hydroxyl groups is 1. The van der Waals surface area contributed by atoms with Crippen LogP contribution in [0.4, 0.5) is 4.39 Å². The maximum Gasteiger partial charge on any atom is 0.243 e. The zero-order valence-corrected chi connectivity index (χ0v) is 19.8. The van der Waals surface area contributed by atoms with E-state index in [-0.39, 0.29) is 41.7 Å². The molecule has 1 unspecified atom stereocenters. The molecular formula is C22H32FN7O3. The molecule has 180 valence electrons. The van der Waals surface area contributed by atoms with E-state index in [1.807, 2.05) is 20.8 Å². The van der Waals surface area contributed by atoms with Crippen molar-refractivity contribution >= 4 is 11.8 Å². The zero-order valence-electron chi connectivity index (χ0n) is 19.8. The fourth-order valence-electron chi connectivity index (χ4n) is 4.14. The minimum absolute atomic E-state index is 0.105. The van der Waals surface area contributed by atoms with Gasteiger partial charge in [-0.05, 0) is 19.4 Å². The van der Waals surface area contributed by atoms with Crippen LogP contribution in [0.3, 0.4) is 0 Å². The van der Waals surface area contributed by atoms with Gasteiger partial charge in [-0.25, -0.2) is 14.4 Å². The number of nitrogens with zero attached hydrogens (tertiary/aromatic N) is 5. The molecule has 11 heteroatoms. The first-order valence-electron chi connectivity index (χ1n) is 10.9. The average molecular weight is 462 g/mol. The Hall–Kier alpha value is -2.92. The summed E-state index contributed by atoms with van der Waals surface area (Å²) >= 11 is 0. The summed E-state index contributed by atoms with van der Waals surface area (Å²) in [5.74, 6) is -0.921. The summed E-state index contributed by atoms with van der Waals surface area (Å²) < 4.78 is 15.3. The highest BCUT2D eigenvalue weighted by atomic mass is 19.1. The van der Waals surface area contributed by atoms with Crippen molar-refractivity contribution < 1.29 is 19.1 Å². The molecular weight excluding hydrogens is 429 g/mol. The minimum Gasteiger partial charge on any atom is -0.391 e. The molecule has 4 atom stereocenters. The second kappa shape index (κ2) is 9.52. The Morgan fingerprint density at radius 1 is 1.24 bits per heavy atom. The minimum atomic E-state index is -0.781. The lowest BCUT2D eigenvalue weighted by Crippen LogP contribution is -2.56. The molecule has 0 spiro atoms. The van der Waals surface area contributed by atoms with Gasteiger partial charge in [0, 0.05) is 38.0 Å². The second-order valence-corrected chi connectivity index (χ2v) is 9.52. The number of carbonyl (C=O) groups is 2. The van der Waals surface area contributed by atoms with Crippen molar-refractivity contribution in [3.63, 3.8) is 0 Å². The van der Waals surface area contributed by atoms with E-state index in [0.717, 1.165) is 6.20 Å². The van der Waals surface area contributed by atoms with Crippen LogP contribution < -0.4 is 10.6 Å². The van der Waals surface area contributed by atoms with Gasteiger partial charge in [0.25, 0.3) is 0 Å². The van der Waals surface area contributed by atoms with E-state index in [0.29, 0.717) is 5.56 Å². The van der Waals surface area contributed by atoms with Crippen molar-refractivity contribution in [1.82, 2.24) is 35.3 Å². The molecule has 3 N–H and O–H groups in total. The Morgan fingerprint density at radius 3 is 2.39 bits per heavy atom. The Morgan fingerprint density at radius 2 is 1.88 bits per heavy atom. The highest BCUT2D eigenvalue weighted by Crippen LogP contribution is 2.26. The van der Waals surface area contributed by atoms with E-state index in [2.05, 4.69) is 25.7 Å². The van der Waals surface area contributed by atoms with E-state index in [4.69, 9.17) is 0 Å². The van der Waals surface area contributed by atoms with Crippen molar-refractivity contribution in [1.29, 1.82) is 0 Å². The van der Waals surface area contributed by atoms with E-state index in [1.54, 1.807) is 21.0 Å². The summed E-state index contributed by atoms with van der Waals surface area (Å²) in [5, 5.41) is 19.9. The Balaban J connectivity index is 1.72. The summed E-state index contributed by atoms with van der Waals surface area (Å²) in [6, 6.07) is -1.74. The number of nitrogens with one attached hydrogen (secondary N) is 2. The fraction of sp³-hybridized carbons (Fsp3) is 0.591. The molecule has 0 bridgehead atoms. The number of aromatic nitrogens is 4. The van der Waals surface area contributed by atoms with E-state index in [9.17, 15) is 19.1 Å². The lowest BCUT2D eigenvalue weighted by atomic mass is 9.86. The van der Waals surface area contributed by atoms with Crippen LogP contribution in [0.1, 0.15) is 45.7 Å². The van der Waals surface area contributed by atoms with Gasteiger partial charge < -0.3 is 20.6 Å². The Bertz CT molecular complexity index is 983. The summed E-state index contributed by atoms with van der Waals surface area (Å²) in [4.78, 5) is 36.1. The molecule has 0 aliphatic carbocycles. The lowest BCUT2D eigenvalue weighted by molar-refractivity contribution is -0.142. The fourth-order valence-corrected chi connectivity index (χ4v) is 4.14. The monoisotopic (exact) mass is 461 g/mol. The number of aryl methyl sites for hydroxylation is 1. The van der Waals surface area contributed by atoms with Crippen LogP contribution in [0.5, 0.6) is 0 Å². The van der Waals surface area contributed by atoms with Gasteiger partial charge in [-0.1, -0.05) is 20.8 Å². The molecule has 10 nitrogen and oxygen atoms in total. The quantitative estimate of drug-likeness (QED) is 0.581. The van der Waals surface area contributed by atoms with Crippen LogP contribution in [0.25, 0.3) is 11.5 Å².